The summed E-state index contributed by atoms with van der Waals surface area (Å²) in [6, 6.07) is 12.6. The summed E-state index contributed by atoms with van der Waals surface area (Å²) in [7, 11) is 1.37. The Labute approximate surface area is 137 Å². The molecule has 1 unspecified atom stereocenters. The van der Waals surface area contributed by atoms with Crippen LogP contribution in [0.1, 0.15) is 17.2 Å². The van der Waals surface area contributed by atoms with Crippen LogP contribution in [0.5, 0.6) is 0 Å². The number of hydrogen-bond donors (Lipinski definition) is 1. The molecule has 0 spiro atoms. The Bertz CT molecular complexity index is 643. The number of rotatable bonds is 4. The van der Waals surface area contributed by atoms with Gasteiger partial charge in [0.05, 0.1) is 12.1 Å². The first kappa shape index (κ1) is 15.9. The van der Waals surface area contributed by atoms with Crippen LogP contribution in [0.2, 0.25) is 5.02 Å². The van der Waals surface area contributed by atoms with Crippen molar-refractivity contribution in [2.75, 3.05) is 12.4 Å². The highest BCUT2D eigenvalue weighted by Crippen LogP contribution is 2.28. The smallest absolute Gasteiger partial charge is 0.332 e. The minimum absolute atomic E-state index is 0.367. The number of carbonyl (C=O) groups is 1. The molecule has 1 N–H and O–H groups in total. The predicted molar refractivity (Wildman–Crippen MR) is 88.7 cm³/mol. The zero-order valence-corrected chi connectivity index (χ0v) is 14.0. The van der Waals surface area contributed by atoms with E-state index in [0.29, 0.717) is 5.02 Å². The molecule has 0 fully saturated rings. The van der Waals surface area contributed by atoms with Crippen LogP contribution in [0.3, 0.4) is 0 Å². The molecule has 0 aliphatic heterocycles. The highest BCUT2D eigenvalue weighted by atomic mass is 79.9. The maximum atomic E-state index is 12.0. The van der Waals surface area contributed by atoms with Crippen LogP contribution < -0.4 is 5.32 Å². The lowest BCUT2D eigenvalue weighted by Crippen LogP contribution is -2.22. The van der Waals surface area contributed by atoms with Crippen LogP contribution in [0.4, 0.5) is 5.69 Å². The first-order valence-electron chi connectivity index (χ1n) is 6.37. The molecule has 0 radical (unpaired) electrons. The third kappa shape index (κ3) is 3.99. The molecular formula is C16H15BrClNO2. The number of methoxy groups -OCH3 is 1. The number of ether oxygens (including phenoxy) is 1. The van der Waals surface area contributed by atoms with Gasteiger partial charge in [0.25, 0.3) is 0 Å². The summed E-state index contributed by atoms with van der Waals surface area (Å²) in [4.78, 5) is 12.0. The first-order chi connectivity index (χ1) is 10.0. The summed E-state index contributed by atoms with van der Waals surface area (Å²) in [5, 5.41) is 3.72. The average molecular weight is 369 g/mol. The lowest BCUT2D eigenvalue weighted by Gasteiger charge is -2.18. The van der Waals surface area contributed by atoms with E-state index >= 15 is 0 Å². The Morgan fingerprint density at radius 1 is 1.24 bits per heavy atom. The zero-order valence-electron chi connectivity index (χ0n) is 11.7. The summed E-state index contributed by atoms with van der Waals surface area (Å²) in [5.41, 5.74) is 2.74. The van der Waals surface area contributed by atoms with Gasteiger partial charge in [-0.05, 0) is 52.7 Å². The Balaban J connectivity index is 2.31. The summed E-state index contributed by atoms with van der Waals surface area (Å²) in [6.45, 7) is 2.01. The number of esters is 1. The molecular weight excluding hydrogens is 354 g/mol. The van der Waals surface area contributed by atoms with Crippen molar-refractivity contribution < 1.29 is 9.53 Å². The van der Waals surface area contributed by atoms with Crippen LogP contribution in [-0.4, -0.2) is 13.1 Å². The third-order valence-electron chi connectivity index (χ3n) is 3.08. The fourth-order valence-electron chi connectivity index (χ4n) is 1.90. The van der Waals surface area contributed by atoms with Crippen molar-refractivity contribution in [3.05, 3.63) is 63.1 Å². The van der Waals surface area contributed by atoms with Gasteiger partial charge in [0.1, 0.15) is 0 Å². The van der Waals surface area contributed by atoms with Crippen molar-refractivity contribution in [1.29, 1.82) is 0 Å². The van der Waals surface area contributed by atoms with Crippen LogP contribution in [0.25, 0.3) is 0 Å². The van der Waals surface area contributed by atoms with Crippen molar-refractivity contribution >= 4 is 39.2 Å². The van der Waals surface area contributed by atoms with Gasteiger partial charge in [0, 0.05) is 10.2 Å². The summed E-state index contributed by atoms with van der Waals surface area (Å²) in [6.07, 6.45) is 0. The molecule has 0 saturated carbocycles. The number of halogens is 2. The van der Waals surface area contributed by atoms with Gasteiger partial charge in [0.2, 0.25) is 0 Å². The molecule has 5 heteroatoms. The monoisotopic (exact) mass is 367 g/mol. The van der Waals surface area contributed by atoms with Crippen LogP contribution in [-0.2, 0) is 9.53 Å². The Morgan fingerprint density at radius 2 is 1.90 bits per heavy atom. The van der Waals surface area contributed by atoms with Gasteiger partial charge in [-0.25, -0.2) is 4.79 Å². The van der Waals surface area contributed by atoms with Crippen molar-refractivity contribution in [3.8, 4) is 0 Å². The SMILES string of the molecule is COC(=O)C(Nc1ccc(C)cc1)c1ccc(Br)c(Cl)c1. The second-order valence-corrected chi connectivity index (χ2v) is 5.90. The predicted octanol–water partition coefficient (Wildman–Crippen LogP) is 4.74. The summed E-state index contributed by atoms with van der Waals surface area (Å²) >= 11 is 9.44. The number of anilines is 1. The highest BCUT2D eigenvalue weighted by molar-refractivity contribution is 9.10. The maximum absolute atomic E-state index is 12.0. The largest absolute Gasteiger partial charge is 0.467 e. The summed E-state index contributed by atoms with van der Waals surface area (Å²) < 4.78 is 5.66. The van der Waals surface area contributed by atoms with E-state index < -0.39 is 6.04 Å². The number of aryl methyl sites for hydroxylation is 1. The molecule has 0 bridgehead atoms. The molecule has 2 aromatic rings. The number of nitrogens with one attached hydrogen (secondary N) is 1. The van der Waals surface area contributed by atoms with Crippen LogP contribution in [0, 0.1) is 6.92 Å². The van der Waals surface area contributed by atoms with Crippen molar-refractivity contribution in [2.45, 2.75) is 13.0 Å². The van der Waals surface area contributed by atoms with Gasteiger partial charge >= 0.3 is 5.97 Å². The van der Waals surface area contributed by atoms with E-state index in [2.05, 4.69) is 21.2 Å². The lowest BCUT2D eigenvalue weighted by atomic mass is 10.1. The van der Waals surface area contributed by atoms with Crippen molar-refractivity contribution in [3.63, 3.8) is 0 Å². The van der Waals surface area contributed by atoms with E-state index in [9.17, 15) is 4.79 Å². The highest BCUT2D eigenvalue weighted by Gasteiger charge is 2.22. The molecule has 0 saturated heterocycles. The minimum atomic E-state index is -0.608. The molecule has 0 aliphatic rings. The van der Waals surface area contributed by atoms with E-state index in [1.165, 1.54) is 7.11 Å². The second kappa shape index (κ2) is 6.96. The number of carbonyl (C=O) groups excluding carboxylic acids is 1. The molecule has 2 rings (SSSR count). The second-order valence-electron chi connectivity index (χ2n) is 4.64. The molecule has 0 amide bonds. The normalized spacial score (nSPS) is 11.8. The van der Waals surface area contributed by atoms with E-state index in [0.717, 1.165) is 21.3 Å². The van der Waals surface area contributed by atoms with Gasteiger partial charge in [-0.1, -0.05) is 35.4 Å². The van der Waals surface area contributed by atoms with Gasteiger partial charge in [0.15, 0.2) is 6.04 Å². The Hall–Kier alpha value is -1.52. The fourth-order valence-corrected chi connectivity index (χ4v) is 2.34. The molecule has 0 aliphatic carbocycles. The standard InChI is InChI=1S/C16H15BrClNO2/c1-10-3-6-12(7-4-10)19-15(16(20)21-2)11-5-8-13(17)14(18)9-11/h3-9,15,19H,1-2H3. The lowest BCUT2D eigenvalue weighted by molar-refractivity contribution is -0.141. The molecule has 0 heterocycles. The molecule has 2 aromatic carbocycles. The van der Waals surface area contributed by atoms with Gasteiger partial charge in [-0.3, -0.25) is 0 Å². The molecule has 110 valence electrons. The fraction of sp³-hybridized carbons (Fsp3) is 0.188. The van der Waals surface area contributed by atoms with Gasteiger partial charge in [-0.15, -0.1) is 0 Å². The first-order valence-corrected chi connectivity index (χ1v) is 7.54. The molecule has 3 nitrogen and oxygen atoms in total. The van der Waals surface area contributed by atoms with E-state index in [-0.39, 0.29) is 5.97 Å². The number of benzene rings is 2. The van der Waals surface area contributed by atoms with E-state index in [1.807, 2.05) is 43.3 Å². The Morgan fingerprint density at radius 3 is 2.48 bits per heavy atom. The van der Waals surface area contributed by atoms with Crippen molar-refractivity contribution in [2.24, 2.45) is 0 Å². The molecule has 1 atom stereocenters. The average Bonchev–Trinajstić information content (AvgIpc) is 2.49. The zero-order chi connectivity index (χ0) is 15.4. The minimum Gasteiger partial charge on any atom is -0.467 e. The maximum Gasteiger partial charge on any atom is 0.332 e. The topological polar surface area (TPSA) is 38.3 Å². The quantitative estimate of drug-likeness (QED) is 0.792. The number of hydrogen-bond acceptors (Lipinski definition) is 3. The van der Waals surface area contributed by atoms with Crippen LogP contribution in [0.15, 0.2) is 46.9 Å². The van der Waals surface area contributed by atoms with E-state index in [4.69, 9.17) is 16.3 Å². The van der Waals surface area contributed by atoms with Crippen molar-refractivity contribution in [1.82, 2.24) is 0 Å². The Kier molecular flexibility index (Phi) is 5.26. The molecule has 21 heavy (non-hydrogen) atoms. The van der Waals surface area contributed by atoms with Gasteiger partial charge < -0.3 is 10.1 Å². The third-order valence-corrected chi connectivity index (χ3v) is 4.31. The summed E-state index contributed by atoms with van der Waals surface area (Å²) in [5.74, 6) is -0.367. The van der Waals surface area contributed by atoms with Crippen LogP contribution >= 0.6 is 27.5 Å². The molecule has 0 aromatic heterocycles. The van der Waals surface area contributed by atoms with E-state index in [1.54, 1.807) is 6.07 Å². The van der Waals surface area contributed by atoms with Gasteiger partial charge in [-0.2, -0.15) is 0 Å².